The van der Waals surface area contributed by atoms with Gasteiger partial charge in [0, 0.05) is 4.90 Å². The lowest BCUT2D eigenvalue weighted by atomic mass is 9.98. The number of benzene rings is 2. The van der Waals surface area contributed by atoms with Crippen molar-refractivity contribution in [3.63, 3.8) is 0 Å². The minimum atomic E-state index is -0.0358. The van der Waals surface area contributed by atoms with E-state index < -0.39 is 0 Å². The van der Waals surface area contributed by atoms with Gasteiger partial charge in [-0.15, -0.1) is 11.8 Å². The Bertz CT molecular complexity index is 467. The molecular formula is C18H23NS. The van der Waals surface area contributed by atoms with Crippen molar-refractivity contribution in [1.82, 2.24) is 0 Å². The van der Waals surface area contributed by atoms with E-state index in [0.29, 0.717) is 0 Å². The lowest BCUT2D eigenvalue weighted by Crippen LogP contribution is -2.11. The maximum atomic E-state index is 6.36. The Labute approximate surface area is 126 Å². The van der Waals surface area contributed by atoms with Crippen LogP contribution in [-0.2, 0) is 6.42 Å². The molecule has 1 nitrogen and oxygen atoms in total. The molecule has 0 aromatic heterocycles. The average molecular weight is 285 g/mol. The van der Waals surface area contributed by atoms with Crippen molar-refractivity contribution >= 4 is 11.8 Å². The van der Waals surface area contributed by atoms with Crippen LogP contribution in [0.3, 0.4) is 0 Å². The predicted molar refractivity (Wildman–Crippen MR) is 89.3 cm³/mol. The van der Waals surface area contributed by atoms with Gasteiger partial charge in [-0.05, 0) is 41.0 Å². The van der Waals surface area contributed by atoms with Crippen molar-refractivity contribution in [2.45, 2.75) is 37.6 Å². The molecule has 1 unspecified atom stereocenters. The number of hydrogen-bond donors (Lipinski definition) is 1. The zero-order valence-electron chi connectivity index (χ0n) is 12.3. The fourth-order valence-electron chi connectivity index (χ4n) is 2.31. The van der Waals surface area contributed by atoms with E-state index in [2.05, 4.69) is 62.4 Å². The zero-order chi connectivity index (χ0) is 14.4. The van der Waals surface area contributed by atoms with Gasteiger partial charge in [0.25, 0.3) is 0 Å². The third kappa shape index (κ3) is 3.87. The maximum Gasteiger partial charge on any atom is 0.0551 e. The Morgan fingerprint density at radius 2 is 1.45 bits per heavy atom. The van der Waals surface area contributed by atoms with Gasteiger partial charge in [0.05, 0.1) is 6.04 Å². The summed E-state index contributed by atoms with van der Waals surface area (Å²) in [5, 5.41) is 0. The minimum Gasteiger partial charge on any atom is -0.320 e. The van der Waals surface area contributed by atoms with Crippen LogP contribution in [0, 0.1) is 0 Å². The molecule has 0 aliphatic heterocycles. The third-order valence-corrected chi connectivity index (χ3v) is 4.32. The molecule has 2 heteroatoms. The molecule has 20 heavy (non-hydrogen) atoms. The Hall–Kier alpha value is -1.25. The van der Waals surface area contributed by atoms with E-state index in [1.807, 2.05) is 11.8 Å². The van der Waals surface area contributed by atoms with Crippen LogP contribution in [-0.4, -0.2) is 5.75 Å². The van der Waals surface area contributed by atoms with E-state index in [-0.39, 0.29) is 6.04 Å². The van der Waals surface area contributed by atoms with Crippen LogP contribution in [0.5, 0.6) is 0 Å². The van der Waals surface area contributed by atoms with Crippen LogP contribution in [0.4, 0.5) is 0 Å². The molecule has 0 aliphatic rings. The Balaban J connectivity index is 2.11. The Kier molecular flexibility index (Phi) is 5.69. The number of nitrogens with two attached hydrogens (primary N) is 1. The molecule has 106 valence electrons. The summed E-state index contributed by atoms with van der Waals surface area (Å²) in [6, 6.07) is 17.3. The maximum absolute atomic E-state index is 6.36. The van der Waals surface area contributed by atoms with E-state index in [0.717, 1.165) is 12.2 Å². The summed E-state index contributed by atoms with van der Waals surface area (Å²) in [4.78, 5) is 1.31. The zero-order valence-corrected chi connectivity index (χ0v) is 13.1. The molecule has 0 saturated carbocycles. The fourth-order valence-corrected chi connectivity index (χ4v) is 2.97. The van der Waals surface area contributed by atoms with Gasteiger partial charge in [-0.2, -0.15) is 0 Å². The lowest BCUT2D eigenvalue weighted by Gasteiger charge is -2.13. The SMILES string of the molecule is CCCc1ccc(C(N)c2ccc(SCC)cc2)cc1. The minimum absolute atomic E-state index is 0.0358. The second-order valence-electron chi connectivity index (χ2n) is 4.97. The van der Waals surface area contributed by atoms with Crippen molar-refractivity contribution in [1.29, 1.82) is 0 Å². The molecule has 0 saturated heterocycles. The summed E-state index contributed by atoms with van der Waals surface area (Å²) in [7, 11) is 0. The fraction of sp³-hybridized carbons (Fsp3) is 0.333. The number of rotatable bonds is 6. The standard InChI is InChI=1S/C18H23NS/c1-3-5-14-6-8-15(9-7-14)18(19)16-10-12-17(13-11-16)20-4-2/h6-13,18H,3-5,19H2,1-2H3. The Morgan fingerprint density at radius 3 is 1.95 bits per heavy atom. The highest BCUT2D eigenvalue weighted by atomic mass is 32.2. The predicted octanol–water partition coefficient (Wildman–Crippen LogP) is 4.80. The summed E-state index contributed by atoms with van der Waals surface area (Å²) in [6.45, 7) is 4.37. The number of hydrogen-bond acceptors (Lipinski definition) is 2. The van der Waals surface area contributed by atoms with Gasteiger partial charge in [0.1, 0.15) is 0 Å². The molecule has 2 aromatic carbocycles. The van der Waals surface area contributed by atoms with Gasteiger partial charge in [0.2, 0.25) is 0 Å². The molecular weight excluding hydrogens is 262 g/mol. The van der Waals surface area contributed by atoms with Crippen LogP contribution in [0.15, 0.2) is 53.4 Å². The first-order valence-corrected chi connectivity index (χ1v) is 8.30. The summed E-state index contributed by atoms with van der Waals surface area (Å²) >= 11 is 1.86. The van der Waals surface area contributed by atoms with E-state index in [4.69, 9.17) is 5.73 Å². The summed E-state index contributed by atoms with van der Waals surface area (Å²) in [5.74, 6) is 1.10. The molecule has 2 aromatic rings. The van der Waals surface area contributed by atoms with Crippen LogP contribution >= 0.6 is 11.8 Å². The van der Waals surface area contributed by atoms with E-state index in [9.17, 15) is 0 Å². The monoisotopic (exact) mass is 285 g/mol. The molecule has 0 spiro atoms. The molecule has 0 heterocycles. The van der Waals surface area contributed by atoms with Crippen LogP contribution in [0.25, 0.3) is 0 Å². The van der Waals surface area contributed by atoms with Crippen LogP contribution < -0.4 is 5.73 Å². The van der Waals surface area contributed by atoms with Gasteiger partial charge in [0.15, 0.2) is 0 Å². The van der Waals surface area contributed by atoms with Gasteiger partial charge in [-0.3, -0.25) is 0 Å². The van der Waals surface area contributed by atoms with Crippen molar-refractivity contribution in [2.24, 2.45) is 5.73 Å². The normalized spacial score (nSPS) is 12.3. The highest BCUT2D eigenvalue weighted by Gasteiger charge is 2.08. The van der Waals surface area contributed by atoms with Gasteiger partial charge >= 0.3 is 0 Å². The third-order valence-electron chi connectivity index (χ3n) is 3.43. The highest BCUT2D eigenvalue weighted by molar-refractivity contribution is 7.99. The van der Waals surface area contributed by atoms with Crippen molar-refractivity contribution in [3.05, 3.63) is 65.2 Å². The van der Waals surface area contributed by atoms with Crippen LogP contribution in [0.1, 0.15) is 43.0 Å². The number of thioether (sulfide) groups is 1. The van der Waals surface area contributed by atoms with Crippen molar-refractivity contribution in [3.8, 4) is 0 Å². The van der Waals surface area contributed by atoms with Crippen molar-refractivity contribution in [2.75, 3.05) is 5.75 Å². The topological polar surface area (TPSA) is 26.0 Å². The van der Waals surface area contributed by atoms with E-state index in [1.165, 1.54) is 28.0 Å². The first-order chi connectivity index (χ1) is 9.74. The van der Waals surface area contributed by atoms with Gasteiger partial charge in [-0.25, -0.2) is 0 Å². The van der Waals surface area contributed by atoms with E-state index in [1.54, 1.807) is 0 Å². The number of aryl methyl sites for hydroxylation is 1. The molecule has 0 amide bonds. The van der Waals surface area contributed by atoms with Crippen molar-refractivity contribution < 1.29 is 0 Å². The molecule has 0 radical (unpaired) electrons. The average Bonchev–Trinajstić information content (AvgIpc) is 2.49. The second-order valence-corrected chi connectivity index (χ2v) is 6.31. The Morgan fingerprint density at radius 1 is 0.900 bits per heavy atom. The lowest BCUT2D eigenvalue weighted by molar-refractivity contribution is 0.863. The summed E-state index contributed by atoms with van der Waals surface area (Å²) in [5.41, 5.74) is 10.1. The smallest absolute Gasteiger partial charge is 0.0551 e. The molecule has 0 fully saturated rings. The van der Waals surface area contributed by atoms with E-state index >= 15 is 0 Å². The first kappa shape index (κ1) is 15.1. The molecule has 2 rings (SSSR count). The quantitative estimate of drug-likeness (QED) is 0.772. The first-order valence-electron chi connectivity index (χ1n) is 7.31. The molecule has 1 atom stereocenters. The van der Waals surface area contributed by atoms with Gasteiger partial charge in [-0.1, -0.05) is 56.7 Å². The molecule has 0 aliphatic carbocycles. The highest BCUT2D eigenvalue weighted by Crippen LogP contribution is 2.24. The van der Waals surface area contributed by atoms with Gasteiger partial charge < -0.3 is 5.73 Å². The second kappa shape index (κ2) is 7.51. The largest absolute Gasteiger partial charge is 0.320 e. The summed E-state index contributed by atoms with van der Waals surface area (Å²) < 4.78 is 0. The molecule has 0 bridgehead atoms. The van der Waals surface area contributed by atoms with Crippen LogP contribution in [0.2, 0.25) is 0 Å². The molecule has 2 N–H and O–H groups in total. The summed E-state index contributed by atoms with van der Waals surface area (Å²) in [6.07, 6.45) is 2.32.